The van der Waals surface area contributed by atoms with Crippen molar-refractivity contribution in [3.8, 4) is 0 Å². The molecular weight excluding hydrogens is 238 g/mol. The lowest BCUT2D eigenvalue weighted by molar-refractivity contribution is -0.126. The Morgan fingerprint density at radius 1 is 1.37 bits per heavy atom. The number of hydrogen-bond acceptors (Lipinski definition) is 3. The van der Waals surface area contributed by atoms with E-state index in [1.807, 2.05) is 0 Å². The number of rotatable bonds is 4. The molecule has 0 aromatic carbocycles. The summed E-state index contributed by atoms with van der Waals surface area (Å²) < 4.78 is 0. The van der Waals surface area contributed by atoms with Crippen LogP contribution in [0.25, 0.3) is 0 Å². The van der Waals surface area contributed by atoms with E-state index >= 15 is 0 Å². The van der Waals surface area contributed by atoms with Crippen LogP contribution in [0, 0.1) is 5.92 Å². The van der Waals surface area contributed by atoms with Crippen LogP contribution in [0.2, 0.25) is 0 Å². The highest BCUT2D eigenvalue weighted by Crippen LogP contribution is 2.33. The van der Waals surface area contributed by atoms with Crippen LogP contribution in [0.15, 0.2) is 0 Å². The maximum atomic E-state index is 12.3. The molecule has 1 saturated carbocycles. The molecule has 2 unspecified atom stereocenters. The van der Waals surface area contributed by atoms with Gasteiger partial charge in [0.15, 0.2) is 0 Å². The fourth-order valence-electron chi connectivity index (χ4n) is 3.58. The van der Waals surface area contributed by atoms with E-state index in [0.717, 1.165) is 25.9 Å². The summed E-state index contributed by atoms with van der Waals surface area (Å²) in [5.74, 6) is 0.471. The number of nitrogens with zero attached hydrogens (tertiary/aromatic N) is 1. The van der Waals surface area contributed by atoms with Crippen LogP contribution in [0.4, 0.5) is 0 Å². The van der Waals surface area contributed by atoms with Gasteiger partial charge in [-0.2, -0.15) is 0 Å². The lowest BCUT2D eigenvalue weighted by atomic mass is 9.91. The summed E-state index contributed by atoms with van der Waals surface area (Å²) in [6.45, 7) is 3.95. The smallest absolute Gasteiger partial charge is 0.223 e. The topological polar surface area (TPSA) is 44.4 Å². The molecule has 0 aromatic rings. The molecule has 2 rings (SSSR count). The molecule has 2 N–H and O–H groups in total. The molecule has 1 aliphatic carbocycles. The third-order valence-electron chi connectivity index (χ3n) is 5.07. The van der Waals surface area contributed by atoms with E-state index in [0.29, 0.717) is 6.04 Å². The zero-order valence-electron chi connectivity index (χ0n) is 12.7. The summed E-state index contributed by atoms with van der Waals surface area (Å²) in [5.41, 5.74) is 0.203. The molecule has 1 amide bonds. The number of hydrogen-bond donors (Lipinski definition) is 2. The summed E-state index contributed by atoms with van der Waals surface area (Å²) in [5, 5.41) is 6.63. The maximum absolute atomic E-state index is 12.3. The van der Waals surface area contributed by atoms with Gasteiger partial charge in [-0.3, -0.25) is 4.79 Å². The van der Waals surface area contributed by atoms with Gasteiger partial charge >= 0.3 is 0 Å². The molecule has 0 spiro atoms. The first-order valence-corrected chi connectivity index (χ1v) is 7.72. The van der Waals surface area contributed by atoms with E-state index in [4.69, 9.17) is 0 Å². The van der Waals surface area contributed by atoms with Crippen molar-refractivity contribution in [1.29, 1.82) is 0 Å². The lowest BCUT2D eigenvalue weighted by Crippen LogP contribution is -2.52. The van der Waals surface area contributed by atoms with Crippen LogP contribution in [0.5, 0.6) is 0 Å². The lowest BCUT2D eigenvalue weighted by Gasteiger charge is -2.37. The molecule has 1 heterocycles. The Bertz CT molecular complexity index is 311. The summed E-state index contributed by atoms with van der Waals surface area (Å²) in [4.78, 5) is 14.6. The van der Waals surface area contributed by atoms with Crippen LogP contribution in [0.1, 0.15) is 45.4 Å². The van der Waals surface area contributed by atoms with Crippen LogP contribution in [0.3, 0.4) is 0 Å². The predicted molar refractivity (Wildman–Crippen MR) is 78.1 cm³/mol. The van der Waals surface area contributed by atoms with Crippen molar-refractivity contribution in [3.63, 3.8) is 0 Å². The largest absolute Gasteiger partial charge is 0.354 e. The van der Waals surface area contributed by atoms with Crippen LogP contribution in [-0.2, 0) is 4.79 Å². The minimum Gasteiger partial charge on any atom is -0.354 e. The fourth-order valence-corrected chi connectivity index (χ4v) is 3.58. The van der Waals surface area contributed by atoms with E-state index in [1.54, 1.807) is 0 Å². The fraction of sp³-hybridized carbons (Fsp3) is 0.933. The molecule has 110 valence electrons. The summed E-state index contributed by atoms with van der Waals surface area (Å²) in [6, 6.07) is 0.471. The molecule has 4 nitrogen and oxygen atoms in total. The summed E-state index contributed by atoms with van der Waals surface area (Å²) in [6.07, 6.45) is 6.95. The third-order valence-corrected chi connectivity index (χ3v) is 5.07. The Morgan fingerprint density at radius 3 is 2.63 bits per heavy atom. The van der Waals surface area contributed by atoms with Crippen molar-refractivity contribution in [3.05, 3.63) is 0 Å². The van der Waals surface area contributed by atoms with Gasteiger partial charge in [0.1, 0.15) is 0 Å². The first-order chi connectivity index (χ1) is 9.03. The molecule has 1 saturated heterocycles. The van der Waals surface area contributed by atoms with Gasteiger partial charge in [-0.1, -0.05) is 12.8 Å². The highest BCUT2D eigenvalue weighted by Gasteiger charge is 2.36. The van der Waals surface area contributed by atoms with Gasteiger partial charge in [0.05, 0.1) is 0 Å². The first-order valence-electron chi connectivity index (χ1n) is 7.72. The van der Waals surface area contributed by atoms with Crippen molar-refractivity contribution in [2.75, 3.05) is 27.2 Å². The molecular formula is C15H29N3O. The quantitative estimate of drug-likeness (QED) is 0.808. The van der Waals surface area contributed by atoms with Crippen molar-refractivity contribution >= 4 is 5.91 Å². The average Bonchev–Trinajstić information content (AvgIpc) is 2.86. The SMILES string of the molecule is CC1CC(C(=O)NCC2(N(C)C)CCCC2)CCN1. The Hall–Kier alpha value is -0.610. The Labute approximate surface area is 117 Å². The highest BCUT2D eigenvalue weighted by atomic mass is 16.1. The number of carbonyl (C=O) groups is 1. The number of carbonyl (C=O) groups excluding carboxylic acids is 1. The second-order valence-electron chi connectivity index (χ2n) is 6.62. The molecule has 2 atom stereocenters. The van der Waals surface area contributed by atoms with Crippen molar-refractivity contribution in [2.24, 2.45) is 5.92 Å². The van der Waals surface area contributed by atoms with Crippen molar-refractivity contribution in [1.82, 2.24) is 15.5 Å². The van der Waals surface area contributed by atoms with Gasteiger partial charge in [-0.05, 0) is 53.2 Å². The molecule has 19 heavy (non-hydrogen) atoms. The normalized spacial score (nSPS) is 30.5. The average molecular weight is 267 g/mol. The monoisotopic (exact) mass is 267 g/mol. The number of piperidine rings is 1. The molecule has 1 aliphatic heterocycles. The van der Waals surface area contributed by atoms with Crippen LogP contribution in [-0.4, -0.2) is 49.6 Å². The zero-order valence-corrected chi connectivity index (χ0v) is 12.7. The molecule has 0 aromatic heterocycles. The Balaban J connectivity index is 1.85. The second kappa shape index (κ2) is 6.23. The molecule has 4 heteroatoms. The van der Waals surface area contributed by atoms with E-state index < -0.39 is 0 Å². The third kappa shape index (κ3) is 3.48. The standard InChI is InChI=1S/C15H29N3O/c1-12-10-13(6-9-16-12)14(19)17-11-15(18(2)3)7-4-5-8-15/h12-13,16H,4-11H2,1-3H3,(H,17,19). The number of likely N-dealkylation sites (N-methyl/N-ethyl adjacent to an activating group) is 1. The molecule has 0 radical (unpaired) electrons. The summed E-state index contributed by atoms with van der Waals surface area (Å²) in [7, 11) is 4.29. The minimum absolute atomic E-state index is 0.203. The van der Waals surface area contributed by atoms with Gasteiger partial charge in [0.2, 0.25) is 5.91 Å². The maximum Gasteiger partial charge on any atom is 0.223 e. The van der Waals surface area contributed by atoms with E-state index in [2.05, 4.69) is 36.6 Å². The van der Waals surface area contributed by atoms with Crippen LogP contribution < -0.4 is 10.6 Å². The van der Waals surface area contributed by atoms with Gasteiger partial charge in [0, 0.05) is 24.0 Å². The van der Waals surface area contributed by atoms with Gasteiger partial charge in [0.25, 0.3) is 0 Å². The van der Waals surface area contributed by atoms with Crippen molar-refractivity contribution < 1.29 is 4.79 Å². The zero-order chi connectivity index (χ0) is 13.9. The Kier molecular flexibility index (Phi) is 4.85. The molecule has 0 bridgehead atoms. The number of nitrogens with one attached hydrogen (secondary N) is 2. The van der Waals surface area contributed by atoms with Crippen molar-refractivity contribution in [2.45, 2.75) is 57.0 Å². The van der Waals surface area contributed by atoms with Crippen LogP contribution >= 0.6 is 0 Å². The molecule has 2 fully saturated rings. The van der Waals surface area contributed by atoms with Gasteiger partial charge < -0.3 is 15.5 Å². The molecule has 2 aliphatic rings. The van der Waals surface area contributed by atoms with E-state index in [1.165, 1.54) is 25.7 Å². The van der Waals surface area contributed by atoms with E-state index in [-0.39, 0.29) is 17.4 Å². The first kappa shape index (κ1) is 14.8. The summed E-state index contributed by atoms with van der Waals surface area (Å²) >= 11 is 0. The predicted octanol–water partition coefficient (Wildman–Crippen LogP) is 1.37. The van der Waals surface area contributed by atoms with Gasteiger partial charge in [-0.25, -0.2) is 0 Å². The second-order valence-corrected chi connectivity index (χ2v) is 6.62. The number of amides is 1. The Morgan fingerprint density at radius 2 is 2.05 bits per heavy atom. The highest BCUT2D eigenvalue weighted by molar-refractivity contribution is 5.78. The van der Waals surface area contributed by atoms with Gasteiger partial charge in [-0.15, -0.1) is 0 Å². The van der Waals surface area contributed by atoms with E-state index in [9.17, 15) is 4.79 Å². The minimum atomic E-state index is 0.203.